The summed E-state index contributed by atoms with van der Waals surface area (Å²) in [4.78, 5) is 15.3. The summed E-state index contributed by atoms with van der Waals surface area (Å²) in [5.74, 6) is -0.0987. The minimum absolute atomic E-state index is 0.00632. The van der Waals surface area contributed by atoms with Crippen LogP contribution in [0, 0.1) is 17.2 Å². The van der Waals surface area contributed by atoms with Gasteiger partial charge in [-0.1, -0.05) is 11.6 Å². The van der Waals surface area contributed by atoms with Crippen molar-refractivity contribution in [3.63, 3.8) is 0 Å². The molecule has 0 bridgehead atoms. The van der Waals surface area contributed by atoms with E-state index in [9.17, 15) is 9.90 Å². The molecule has 5 nitrogen and oxygen atoms in total. The molecule has 0 aliphatic carbocycles. The number of amides is 1. The van der Waals surface area contributed by atoms with E-state index in [0.717, 1.165) is 5.69 Å². The highest BCUT2D eigenvalue weighted by Gasteiger charge is 2.34. The predicted octanol–water partition coefficient (Wildman–Crippen LogP) is 1.49. The Morgan fingerprint density at radius 1 is 1.52 bits per heavy atom. The third kappa shape index (κ3) is 3.46. The number of halogens is 1. The lowest BCUT2D eigenvalue weighted by molar-refractivity contribution is -0.130. The quantitative estimate of drug-likeness (QED) is 0.918. The second-order valence-corrected chi connectivity index (χ2v) is 5.91. The second kappa shape index (κ2) is 6.33. The van der Waals surface area contributed by atoms with Gasteiger partial charge in [0.25, 0.3) is 0 Å². The van der Waals surface area contributed by atoms with Gasteiger partial charge in [0.15, 0.2) is 0 Å². The summed E-state index contributed by atoms with van der Waals surface area (Å²) in [6.07, 6.45) is -0.237. The topological polar surface area (TPSA) is 67.6 Å². The van der Waals surface area contributed by atoms with Crippen molar-refractivity contribution in [3.8, 4) is 6.07 Å². The Morgan fingerprint density at radius 2 is 2.24 bits per heavy atom. The van der Waals surface area contributed by atoms with E-state index in [-0.39, 0.29) is 11.8 Å². The van der Waals surface area contributed by atoms with Crippen molar-refractivity contribution in [3.05, 3.63) is 28.8 Å². The molecule has 1 amide bonds. The zero-order valence-corrected chi connectivity index (χ0v) is 12.8. The molecule has 1 aromatic rings. The normalized spacial score (nSPS) is 21.2. The van der Waals surface area contributed by atoms with E-state index in [4.69, 9.17) is 16.9 Å². The molecule has 0 saturated carbocycles. The first-order valence-corrected chi connectivity index (χ1v) is 7.13. The fourth-order valence-corrected chi connectivity index (χ4v) is 2.79. The lowest BCUT2D eigenvalue weighted by Gasteiger charge is -2.20. The summed E-state index contributed by atoms with van der Waals surface area (Å²) in [5, 5.41) is 19.5. The molecule has 0 radical (unpaired) electrons. The number of hydrogen-bond donors (Lipinski definition) is 1. The van der Waals surface area contributed by atoms with Crippen LogP contribution in [-0.4, -0.2) is 49.2 Å². The molecule has 1 fully saturated rings. The molecule has 21 heavy (non-hydrogen) atoms. The number of aliphatic hydroxyl groups is 1. The maximum absolute atomic E-state index is 11.8. The summed E-state index contributed by atoms with van der Waals surface area (Å²) in [6.45, 7) is 1.02. The highest BCUT2D eigenvalue weighted by atomic mass is 35.5. The zero-order valence-electron chi connectivity index (χ0n) is 12.1. The Kier molecular flexibility index (Phi) is 4.71. The van der Waals surface area contributed by atoms with Gasteiger partial charge in [0.05, 0.1) is 28.4 Å². The number of β-amino-alcohol motifs (C(OH)–C–C–N with tert-alkyl or cyclic N) is 1. The van der Waals surface area contributed by atoms with Gasteiger partial charge in [-0.25, -0.2) is 0 Å². The number of benzene rings is 1. The summed E-state index contributed by atoms with van der Waals surface area (Å²) >= 11 is 6.19. The first kappa shape index (κ1) is 15.6. The van der Waals surface area contributed by atoms with Crippen molar-refractivity contribution in [1.29, 1.82) is 5.26 Å². The minimum atomic E-state index is -0.555. The number of anilines is 1. The van der Waals surface area contributed by atoms with Crippen LogP contribution in [0.4, 0.5) is 5.69 Å². The molecule has 1 heterocycles. The third-order valence-corrected chi connectivity index (χ3v) is 4.06. The number of carbonyl (C=O) groups excluding carboxylic acids is 1. The molecule has 6 heteroatoms. The van der Waals surface area contributed by atoms with Crippen molar-refractivity contribution in [2.45, 2.75) is 12.5 Å². The summed E-state index contributed by atoms with van der Waals surface area (Å²) in [6, 6.07) is 7.13. The summed E-state index contributed by atoms with van der Waals surface area (Å²) < 4.78 is 0. The van der Waals surface area contributed by atoms with Crippen molar-refractivity contribution in [1.82, 2.24) is 4.90 Å². The van der Waals surface area contributed by atoms with Crippen LogP contribution in [0.2, 0.25) is 5.02 Å². The molecule has 1 aromatic carbocycles. The van der Waals surface area contributed by atoms with E-state index in [2.05, 4.69) is 0 Å². The number of nitriles is 1. The fraction of sp³-hybridized carbons (Fsp3) is 0.467. The predicted molar refractivity (Wildman–Crippen MR) is 81.2 cm³/mol. The molecule has 1 saturated heterocycles. The maximum atomic E-state index is 11.8. The monoisotopic (exact) mass is 307 g/mol. The smallest absolute Gasteiger partial charge is 0.222 e. The van der Waals surface area contributed by atoms with Gasteiger partial charge >= 0.3 is 0 Å². The van der Waals surface area contributed by atoms with Crippen LogP contribution >= 0.6 is 11.6 Å². The molecule has 0 unspecified atom stereocenters. The molecule has 0 spiro atoms. The van der Waals surface area contributed by atoms with Gasteiger partial charge < -0.3 is 14.9 Å². The Bertz CT molecular complexity index is 583. The third-order valence-electron chi connectivity index (χ3n) is 3.76. The average molecular weight is 308 g/mol. The van der Waals surface area contributed by atoms with Gasteiger partial charge in [0.1, 0.15) is 0 Å². The molecular formula is C15H18ClN3O2. The van der Waals surface area contributed by atoms with Gasteiger partial charge in [-0.2, -0.15) is 5.26 Å². The number of rotatable bonds is 3. The van der Waals surface area contributed by atoms with Gasteiger partial charge in [0, 0.05) is 39.5 Å². The van der Waals surface area contributed by atoms with Crippen LogP contribution in [0.5, 0.6) is 0 Å². The van der Waals surface area contributed by atoms with Crippen LogP contribution in [-0.2, 0) is 4.79 Å². The van der Waals surface area contributed by atoms with Gasteiger partial charge in [-0.05, 0) is 18.2 Å². The van der Waals surface area contributed by atoms with E-state index in [1.54, 1.807) is 32.3 Å². The Labute approximate surface area is 129 Å². The molecule has 1 aliphatic rings. The molecule has 112 valence electrons. The molecular weight excluding hydrogens is 290 g/mol. The van der Waals surface area contributed by atoms with Crippen LogP contribution in [0.1, 0.15) is 12.0 Å². The van der Waals surface area contributed by atoms with Crippen molar-refractivity contribution in [2.75, 3.05) is 32.1 Å². The van der Waals surface area contributed by atoms with E-state index < -0.39 is 6.10 Å². The number of nitrogens with zero attached hydrogens (tertiary/aromatic N) is 3. The molecule has 2 rings (SSSR count). The minimum Gasteiger partial charge on any atom is -0.391 e. The lowest BCUT2D eigenvalue weighted by atomic mass is 10.0. The molecule has 0 aromatic heterocycles. The summed E-state index contributed by atoms with van der Waals surface area (Å²) in [7, 11) is 3.41. The molecule has 1 aliphatic heterocycles. The first-order chi connectivity index (χ1) is 9.92. The highest BCUT2D eigenvalue weighted by Crippen LogP contribution is 2.32. The Balaban J connectivity index is 2.10. The van der Waals surface area contributed by atoms with Gasteiger partial charge in [-0.15, -0.1) is 0 Å². The van der Waals surface area contributed by atoms with E-state index in [1.165, 1.54) is 4.90 Å². The van der Waals surface area contributed by atoms with Crippen LogP contribution in [0.25, 0.3) is 0 Å². The fourth-order valence-electron chi connectivity index (χ4n) is 2.49. The molecule has 1 N–H and O–H groups in total. The zero-order chi connectivity index (χ0) is 15.6. The van der Waals surface area contributed by atoms with Gasteiger partial charge in [-0.3, -0.25) is 4.79 Å². The van der Waals surface area contributed by atoms with Crippen molar-refractivity contribution >= 4 is 23.2 Å². The maximum Gasteiger partial charge on any atom is 0.222 e. The van der Waals surface area contributed by atoms with Crippen molar-refractivity contribution < 1.29 is 9.90 Å². The van der Waals surface area contributed by atoms with Gasteiger partial charge in [0.2, 0.25) is 5.91 Å². The summed E-state index contributed by atoms with van der Waals surface area (Å²) in [5.41, 5.74) is 1.29. The standard InChI is InChI=1S/C15H18ClN3O2/c1-18(2)15(21)6-11-8-19(9-14(11)20)13-4-3-10(7-17)5-12(13)16/h3-5,11,14,20H,6,8-9H2,1-2H3/t11-,14-/m1/s1. The highest BCUT2D eigenvalue weighted by molar-refractivity contribution is 6.33. The Hall–Kier alpha value is -1.77. The first-order valence-electron chi connectivity index (χ1n) is 6.75. The average Bonchev–Trinajstić information content (AvgIpc) is 2.79. The van der Waals surface area contributed by atoms with Crippen LogP contribution < -0.4 is 4.90 Å². The van der Waals surface area contributed by atoms with Crippen LogP contribution in [0.3, 0.4) is 0 Å². The van der Waals surface area contributed by atoms with Crippen LogP contribution in [0.15, 0.2) is 18.2 Å². The van der Waals surface area contributed by atoms with Crippen molar-refractivity contribution in [2.24, 2.45) is 5.92 Å². The van der Waals surface area contributed by atoms with E-state index in [0.29, 0.717) is 30.1 Å². The number of aliphatic hydroxyl groups excluding tert-OH is 1. The van der Waals surface area contributed by atoms with E-state index >= 15 is 0 Å². The second-order valence-electron chi connectivity index (χ2n) is 5.50. The van der Waals surface area contributed by atoms with E-state index in [1.807, 2.05) is 11.0 Å². The lowest BCUT2D eigenvalue weighted by Crippen LogP contribution is -2.28. The largest absolute Gasteiger partial charge is 0.391 e. The molecule has 2 atom stereocenters. The SMILES string of the molecule is CN(C)C(=O)C[C@@H]1CN(c2ccc(C#N)cc2Cl)C[C@H]1O. The number of carbonyl (C=O) groups is 1. The number of hydrogen-bond acceptors (Lipinski definition) is 4. The Morgan fingerprint density at radius 3 is 2.81 bits per heavy atom.